The Kier molecular flexibility index (Phi) is 5.15. The van der Waals surface area contributed by atoms with Gasteiger partial charge in [0.1, 0.15) is 5.82 Å². The van der Waals surface area contributed by atoms with Gasteiger partial charge < -0.3 is 10.3 Å². The van der Waals surface area contributed by atoms with Crippen LogP contribution in [0.15, 0.2) is 18.2 Å². The van der Waals surface area contributed by atoms with Crippen molar-refractivity contribution in [3.63, 3.8) is 0 Å². The zero-order valence-electron chi connectivity index (χ0n) is 12.9. The van der Waals surface area contributed by atoms with Gasteiger partial charge in [0.2, 0.25) is 0 Å². The molecule has 0 bridgehead atoms. The van der Waals surface area contributed by atoms with Crippen molar-refractivity contribution in [1.82, 2.24) is 14.5 Å². The smallest absolute Gasteiger partial charge is 0.124 e. The van der Waals surface area contributed by atoms with Gasteiger partial charge in [0, 0.05) is 13.1 Å². The maximum absolute atomic E-state index is 5.77. The molecule has 2 N–H and O–H groups in total. The van der Waals surface area contributed by atoms with E-state index in [1.54, 1.807) is 0 Å². The third-order valence-electron chi connectivity index (χ3n) is 3.91. The third-order valence-corrected chi connectivity index (χ3v) is 3.91. The minimum absolute atomic E-state index is 0.645. The minimum atomic E-state index is 0.645. The zero-order chi connectivity index (χ0) is 14.5. The standard InChI is InChI=1S/C16H26N4/c1-4-13-7-8-15-14(11-13)18-16(20(15)10-9-17)12-19(5-2)6-3/h7-8,11H,4-6,9-10,12,17H2,1-3H3. The van der Waals surface area contributed by atoms with Gasteiger partial charge in [-0.25, -0.2) is 4.98 Å². The van der Waals surface area contributed by atoms with Gasteiger partial charge in [-0.3, -0.25) is 4.90 Å². The molecule has 0 aliphatic heterocycles. The summed E-state index contributed by atoms with van der Waals surface area (Å²) in [4.78, 5) is 7.23. The normalized spacial score (nSPS) is 11.7. The van der Waals surface area contributed by atoms with Crippen LogP contribution >= 0.6 is 0 Å². The van der Waals surface area contributed by atoms with Gasteiger partial charge in [-0.05, 0) is 37.2 Å². The first kappa shape index (κ1) is 15.0. The SMILES string of the molecule is CCc1ccc2c(c1)nc(CN(CC)CC)n2CCN. The van der Waals surface area contributed by atoms with Gasteiger partial charge in [0.15, 0.2) is 0 Å². The number of benzene rings is 1. The Morgan fingerprint density at radius 3 is 2.55 bits per heavy atom. The summed E-state index contributed by atoms with van der Waals surface area (Å²) in [7, 11) is 0. The molecule has 0 unspecified atom stereocenters. The van der Waals surface area contributed by atoms with Crippen LogP contribution in [-0.2, 0) is 19.5 Å². The van der Waals surface area contributed by atoms with E-state index in [0.717, 1.165) is 43.9 Å². The summed E-state index contributed by atoms with van der Waals surface area (Å²) in [6.07, 6.45) is 1.05. The predicted molar refractivity (Wildman–Crippen MR) is 84.8 cm³/mol. The van der Waals surface area contributed by atoms with E-state index in [-0.39, 0.29) is 0 Å². The molecule has 0 aliphatic carbocycles. The van der Waals surface area contributed by atoms with Crippen molar-refractivity contribution in [2.45, 2.75) is 40.3 Å². The Morgan fingerprint density at radius 2 is 1.95 bits per heavy atom. The Hall–Kier alpha value is -1.39. The van der Waals surface area contributed by atoms with Crippen LogP contribution in [0.25, 0.3) is 11.0 Å². The molecule has 0 saturated carbocycles. The van der Waals surface area contributed by atoms with E-state index in [9.17, 15) is 0 Å². The van der Waals surface area contributed by atoms with Crippen LogP contribution in [0, 0.1) is 0 Å². The van der Waals surface area contributed by atoms with Crippen molar-refractivity contribution >= 4 is 11.0 Å². The Labute approximate surface area is 121 Å². The van der Waals surface area contributed by atoms with Gasteiger partial charge in [-0.1, -0.05) is 26.8 Å². The molecule has 0 radical (unpaired) electrons. The van der Waals surface area contributed by atoms with E-state index in [2.05, 4.69) is 48.4 Å². The van der Waals surface area contributed by atoms with Crippen molar-refractivity contribution in [3.8, 4) is 0 Å². The Balaban J connectivity index is 2.43. The fourth-order valence-corrected chi connectivity index (χ4v) is 2.59. The molecule has 0 spiro atoms. The molecule has 110 valence electrons. The first-order chi connectivity index (χ1) is 9.73. The fourth-order valence-electron chi connectivity index (χ4n) is 2.59. The van der Waals surface area contributed by atoms with Crippen LogP contribution in [0.1, 0.15) is 32.2 Å². The number of hydrogen-bond acceptors (Lipinski definition) is 3. The summed E-state index contributed by atoms with van der Waals surface area (Å²) in [6, 6.07) is 6.58. The van der Waals surface area contributed by atoms with Gasteiger partial charge in [0.25, 0.3) is 0 Å². The van der Waals surface area contributed by atoms with E-state index in [0.29, 0.717) is 6.54 Å². The summed E-state index contributed by atoms with van der Waals surface area (Å²) >= 11 is 0. The van der Waals surface area contributed by atoms with E-state index in [4.69, 9.17) is 10.7 Å². The second-order valence-corrected chi connectivity index (χ2v) is 5.11. The number of imidazole rings is 1. The van der Waals surface area contributed by atoms with Crippen LogP contribution < -0.4 is 5.73 Å². The second kappa shape index (κ2) is 6.86. The quantitative estimate of drug-likeness (QED) is 0.843. The molecule has 4 nitrogen and oxygen atoms in total. The summed E-state index contributed by atoms with van der Waals surface area (Å²) in [5.41, 5.74) is 9.41. The molecule has 1 aromatic carbocycles. The predicted octanol–water partition coefficient (Wildman–Crippen LogP) is 2.40. The topological polar surface area (TPSA) is 47.1 Å². The first-order valence-corrected chi connectivity index (χ1v) is 7.63. The second-order valence-electron chi connectivity index (χ2n) is 5.11. The lowest BCUT2D eigenvalue weighted by Crippen LogP contribution is -2.25. The van der Waals surface area contributed by atoms with Crippen molar-refractivity contribution in [2.24, 2.45) is 5.73 Å². The number of fused-ring (bicyclic) bond motifs is 1. The van der Waals surface area contributed by atoms with Crippen molar-refractivity contribution < 1.29 is 0 Å². The number of nitrogens with two attached hydrogens (primary N) is 1. The maximum Gasteiger partial charge on any atom is 0.124 e. The molecule has 20 heavy (non-hydrogen) atoms. The Bertz CT molecular complexity index is 555. The highest BCUT2D eigenvalue weighted by Crippen LogP contribution is 2.19. The van der Waals surface area contributed by atoms with E-state index in [1.807, 2.05) is 0 Å². The first-order valence-electron chi connectivity index (χ1n) is 7.63. The highest BCUT2D eigenvalue weighted by atomic mass is 15.2. The van der Waals surface area contributed by atoms with E-state index in [1.165, 1.54) is 11.1 Å². The summed E-state index contributed by atoms with van der Waals surface area (Å²) in [5, 5.41) is 0. The number of aryl methyl sites for hydroxylation is 1. The van der Waals surface area contributed by atoms with Crippen LogP contribution in [0.4, 0.5) is 0 Å². The summed E-state index contributed by atoms with van der Waals surface area (Å²) in [5.74, 6) is 1.13. The van der Waals surface area contributed by atoms with Gasteiger partial charge in [-0.2, -0.15) is 0 Å². The number of hydrogen-bond donors (Lipinski definition) is 1. The van der Waals surface area contributed by atoms with Crippen molar-refractivity contribution in [3.05, 3.63) is 29.6 Å². The molecular weight excluding hydrogens is 248 g/mol. The molecule has 0 aliphatic rings. The molecule has 2 rings (SSSR count). The van der Waals surface area contributed by atoms with Gasteiger partial charge in [-0.15, -0.1) is 0 Å². The molecule has 0 amide bonds. The average Bonchev–Trinajstić information content (AvgIpc) is 2.82. The molecule has 1 aromatic heterocycles. The van der Waals surface area contributed by atoms with Crippen LogP contribution in [0.5, 0.6) is 0 Å². The zero-order valence-corrected chi connectivity index (χ0v) is 12.9. The molecule has 4 heteroatoms. The third kappa shape index (κ3) is 3.02. The largest absolute Gasteiger partial charge is 0.329 e. The number of nitrogens with zero attached hydrogens (tertiary/aromatic N) is 3. The molecule has 0 saturated heterocycles. The highest BCUT2D eigenvalue weighted by molar-refractivity contribution is 5.77. The van der Waals surface area contributed by atoms with Gasteiger partial charge >= 0.3 is 0 Å². The van der Waals surface area contributed by atoms with Crippen LogP contribution in [0.3, 0.4) is 0 Å². The molecular formula is C16H26N4. The maximum atomic E-state index is 5.77. The number of aromatic nitrogens is 2. The van der Waals surface area contributed by atoms with Gasteiger partial charge in [0.05, 0.1) is 17.6 Å². The molecule has 2 aromatic rings. The van der Waals surface area contributed by atoms with E-state index >= 15 is 0 Å². The summed E-state index contributed by atoms with van der Waals surface area (Å²) < 4.78 is 2.27. The number of rotatable bonds is 7. The Morgan fingerprint density at radius 1 is 1.20 bits per heavy atom. The van der Waals surface area contributed by atoms with Crippen LogP contribution in [0.2, 0.25) is 0 Å². The monoisotopic (exact) mass is 274 g/mol. The molecule has 0 atom stereocenters. The van der Waals surface area contributed by atoms with Crippen molar-refractivity contribution in [2.75, 3.05) is 19.6 Å². The van der Waals surface area contributed by atoms with Crippen LogP contribution in [-0.4, -0.2) is 34.1 Å². The lowest BCUT2D eigenvalue weighted by atomic mass is 10.1. The molecule has 1 heterocycles. The summed E-state index contributed by atoms with van der Waals surface area (Å²) in [6.45, 7) is 11.0. The fraction of sp³-hybridized carbons (Fsp3) is 0.562. The lowest BCUT2D eigenvalue weighted by Gasteiger charge is -2.18. The molecule has 0 fully saturated rings. The van der Waals surface area contributed by atoms with E-state index < -0.39 is 0 Å². The van der Waals surface area contributed by atoms with Crippen molar-refractivity contribution in [1.29, 1.82) is 0 Å². The minimum Gasteiger partial charge on any atom is -0.329 e. The lowest BCUT2D eigenvalue weighted by molar-refractivity contribution is 0.284. The highest BCUT2D eigenvalue weighted by Gasteiger charge is 2.12. The average molecular weight is 274 g/mol.